The Morgan fingerprint density at radius 2 is 2.25 bits per heavy atom. The zero-order valence-corrected chi connectivity index (χ0v) is 11.1. The Kier molecular flexibility index (Phi) is 3.79. The first-order chi connectivity index (χ1) is 9.49. The lowest BCUT2D eigenvalue weighted by atomic mass is 10.1. The molecule has 0 bridgehead atoms. The molecule has 0 aliphatic carbocycles. The van der Waals surface area contributed by atoms with Gasteiger partial charge in [-0.05, 0) is 18.6 Å². The van der Waals surface area contributed by atoms with E-state index < -0.39 is 10.9 Å². The van der Waals surface area contributed by atoms with E-state index in [1.54, 1.807) is 37.0 Å². The maximum Gasteiger partial charge on any atom is 0.345 e. The molecule has 1 aromatic carbocycles. The van der Waals surface area contributed by atoms with E-state index in [0.717, 1.165) is 5.56 Å². The number of aryl methyl sites for hydroxylation is 2. The molecule has 0 amide bonds. The minimum absolute atomic E-state index is 0.0343. The average molecular weight is 275 g/mol. The van der Waals surface area contributed by atoms with Crippen LogP contribution in [0, 0.1) is 17.0 Å². The Labute approximate surface area is 115 Å². The van der Waals surface area contributed by atoms with Gasteiger partial charge in [0.15, 0.2) is 0 Å². The van der Waals surface area contributed by atoms with E-state index in [4.69, 9.17) is 4.74 Å². The topological polar surface area (TPSA) is 87.3 Å². The smallest absolute Gasteiger partial charge is 0.345 e. The predicted octanol–water partition coefficient (Wildman–Crippen LogP) is 1.99. The fraction of sp³-hybridized carbons (Fsp3) is 0.231. The standard InChI is InChI=1S/C13H13N3O4/c1-9-3-4-11(16(18)19)10(7-9)13(17)20-8-12-14-5-6-15(12)2/h3-7H,8H2,1-2H3. The molecule has 0 aliphatic rings. The number of carbonyl (C=O) groups excluding carboxylic acids is 1. The lowest BCUT2D eigenvalue weighted by Gasteiger charge is -2.06. The van der Waals surface area contributed by atoms with E-state index in [0.29, 0.717) is 5.82 Å². The van der Waals surface area contributed by atoms with Crippen molar-refractivity contribution in [3.8, 4) is 0 Å². The highest BCUT2D eigenvalue weighted by molar-refractivity contribution is 5.94. The zero-order valence-electron chi connectivity index (χ0n) is 11.1. The number of hydrogen-bond donors (Lipinski definition) is 0. The summed E-state index contributed by atoms with van der Waals surface area (Å²) in [5.74, 6) is -0.169. The number of hydrogen-bond acceptors (Lipinski definition) is 5. The highest BCUT2D eigenvalue weighted by atomic mass is 16.6. The highest BCUT2D eigenvalue weighted by Crippen LogP contribution is 2.21. The molecular weight excluding hydrogens is 262 g/mol. The van der Waals surface area contributed by atoms with Crippen molar-refractivity contribution >= 4 is 11.7 Å². The molecular formula is C13H13N3O4. The molecule has 0 aliphatic heterocycles. The maximum absolute atomic E-state index is 12.0. The minimum atomic E-state index is -0.733. The van der Waals surface area contributed by atoms with Gasteiger partial charge in [0, 0.05) is 25.5 Å². The van der Waals surface area contributed by atoms with E-state index in [9.17, 15) is 14.9 Å². The second-order valence-corrected chi connectivity index (χ2v) is 4.31. The summed E-state index contributed by atoms with van der Waals surface area (Å²) in [6.45, 7) is 1.71. The fourth-order valence-electron chi connectivity index (χ4n) is 1.72. The van der Waals surface area contributed by atoms with Gasteiger partial charge >= 0.3 is 5.97 Å². The van der Waals surface area contributed by atoms with E-state index in [2.05, 4.69) is 4.98 Å². The number of nitro groups is 1. The zero-order chi connectivity index (χ0) is 14.7. The first kappa shape index (κ1) is 13.7. The molecule has 104 valence electrons. The van der Waals surface area contributed by atoms with Crippen molar-refractivity contribution in [2.75, 3.05) is 0 Å². The van der Waals surface area contributed by atoms with Crippen LogP contribution < -0.4 is 0 Å². The van der Waals surface area contributed by atoms with E-state index >= 15 is 0 Å². The summed E-state index contributed by atoms with van der Waals surface area (Å²) in [5.41, 5.74) is 0.434. The Morgan fingerprint density at radius 1 is 1.50 bits per heavy atom. The van der Waals surface area contributed by atoms with Crippen molar-refractivity contribution in [1.29, 1.82) is 0 Å². The number of nitrogens with zero attached hydrogens (tertiary/aromatic N) is 3. The van der Waals surface area contributed by atoms with Crippen molar-refractivity contribution in [1.82, 2.24) is 9.55 Å². The van der Waals surface area contributed by atoms with Gasteiger partial charge < -0.3 is 9.30 Å². The Morgan fingerprint density at radius 3 is 2.85 bits per heavy atom. The monoisotopic (exact) mass is 275 g/mol. The summed E-state index contributed by atoms with van der Waals surface area (Å²) in [4.78, 5) is 26.3. The van der Waals surface area contributed by atoms with Crippen molar-refractivity contribution in [2.24, 2.45) is 7.05 Å². The summed E-state index contributed by atoms with van der Waals surface area (Å²) >= 11 is 0. The third-order valence-corrected chi connectivity index (χ3v) is 2.82. The Balaban J connectivity index is 2.19. The molecule has 2 rings (SSSR count). The summed E-state index contributed by atoms with van der Waals surface area (Å²) in [7, 11) is 1.77. The number of rotatable bonds is 4. The number of imidazole rings is 1. The molecule has 0 atom stereocenters. The Hall–Kier alpha value is -2.70. The van der Waals surface area contributed by atoms with Crippen LogP contribution in [0.4, 0.5) is 5.69 Å². The van der Waals surface area contributed by atoms with Gasteiger partial charge in [-0.1, -0.05) is 6.07 Å². The van der Waals surface area contributed by atoms with Gasteiger partial charge in [-0.2, -0.15) is 0 Å². The van der Waals surface area contributed by atoms with Gasteiger partial charge in [0.25, 0.3) is 5.69 Å². The van der Waals surface area contributed by atoms with Crippen molar-refractivity contribution < 1.29 is 14.5 Å². The van der Waals surface area contributed by atoms with Gasteiger partial charge in [-0.3, -0.25) is 10.1 Å². The van der Waals surface area contributed by atoms with Crippen LogP contribution in [0.25, 0.3) is 0 Å². The van der Waals surface area contributed by atoms with Crippen LogP contribution in [0.3, 0.4) is 0 Å². The van der Waals surface area contributed by atoms with Crippen LogP contribution in [0.15, 0.2) is 30.6 Å². The number of ether oxygens (including phenoxy) is 1. The molecule has 0 fully saturated rings. The summed E-state index contributed by atoms with van der Waals surface area (Å²) in [5, 5.41) is 10.9. The molecule has 0 radical (unpaired) electrons. The normalized spacial score (nSPS) is 10.3. The summed E-state index contributed by atoms with van der Waals surface area (Å²) < 4.78 is 6.78. The molecule has 0 spiro atoms. The van der Waals surface area contributed by atoms with Crippen molar-refractivity contribution in [3.63, 3.8) is 0 Å². The van der Waals surface area contributed by atoms with Crippen LogP contribution in [0.1, 0.15) is 21.7 Å². The summed E-state index contributed by atoms with van der Waals surface area (Å²) in [6, 6.07) is 4.32. The first-order valence-electron chi connectivity index (χ1n) is 5.87. The van der Waals surface area contributed by atoms with Crippen LogP contribution >= 0.6 is 0 Å². The second kappa shape index (κ2) is 5.52. The average Bonchev–Trinajstić information content (AvgIpc) is 2.81. The van der Waals surface area contributed by atoms with Crippen LogP contribution in [0.5, 0.6) is 0 Å². The van der Waals surface area contributed by atoms with Gasteiger partial charge in [-0.25, -0.2) is 9.78 Å². The molecule has 0 N–H and O–H groups in total. The molecule has 7 heteroatoms. The molecule has 2 aromatic rings. The highest BCUT2D eigenvalue weighted by Gasteiger charge is 2.21. The van der Waals surface area contributed by atoms with E-state index in [1.165, 1.54) is 12.1 Å². The SMILES string of the molecule is Cc1ccc([N+](=O)[O-])c(C(=O)OCc2nccn2C)c1. The number of aromatic nitrogens is 2. The molecule has 7 nitrogen and oxygen atoms in total. The van der Waals surface area contributed by atoms with E-state index in [1.807, 2.05) is 0 Å². The summed E-state index contributed by atoms with van der Waals surface area (Å²) in [6.07, 6.45) is 3.30. The van der Waals surface area contributed by atoms with Crippen molar-refractivity contribution in [2.45, 2.75) is 13.5 Å². The van der Waals surface area contributed by atoms with E-state index in [-0.39, 0.29) is 17.9 Å². The van der Waals surface area contributed by atoms with Crippen LogP contribution in [-0.4, -0.2) is 20.4 Å². The molecule has 0 saturated carbocycles. The third-order valence-electron chi connectivity index (χ3n) is 2.82. The number of esters is 1. The quantitative estimate of drug-likeness (QED) is 0.483. The molecule has 20 heavy (non-hydrogen) atoms. The van der Waals surface area contributed by atoms with Crippen LogP contribution in [-0.2, 0) is 18.4 Å². The van der Waals surface area contributed by atoms with Crippen molar-refractivity contribution in [3.05, 3.63) is 57.7 Å². The first-order valence-corrected chi connectivity index (χ1v) is 5.87. The number of nitro benzene ring substituents is 1. The molecule has 0 unspecified atom stereocenters. The fourth-order valence-corrected chi connectivity index (χ4v) is 1.72. The van der Waals surface area contributed by atoms with Crippen LogP contribution in [0.2, 0.25) is 0 Å². The van der Waals surface area contributed by atoms with Gasteiger partial charge in [-0.15, -0.1) is 0 Å². The molecule has 1 heterocycles. The van der Waals surface area contributed by atoms with Gasteiger partial charge in [0.05, 0.1) is 4.92 Å². The predicted molar refractivity (Wildman–Crippen MR) is 70.2 cm³/mol. The maximum atomic E-state index is 12.0. The van der Waals surface area contributed by atoms with Gasteiger partial charge in [0.1, 0.15) is 18.0 Å². The molecule has 1 aromatic heterocycles. The third kappa shape index (κ3) is 2.82. The lowest BCUT2D eigenvalue weighted by molar-refractivity contribution is -0.385. The second-order valence-electron chi connectivity index (χ2n) is 4.31. The minimum Gasteiger partial charge on any atom is -0.454 e. The lowest BCUT2D eigenvalue weighted by Crippen LogP contribution is -2.10. The molecule has 0 saturated heterocycles. The van der Waals surface area contributed by atoms with Gasteiger partial charge in [0.2, 0.25) is 0 Å². The number of benzene rings is 1. The number of carbonyl (C=O) groups is 1. The largest absolute Gasteiger partial charge is 0.454 e. The Bertz CT molecular complexity index is 663.